The second-order valence-electron chi connectivity index (χ2n) is 9.78. The number of hydrogen-bond donors (Lipinski definition) is 2. The lowest BCUT2D eigenvalue weighted by molar-refractivity contribution is -0.133. The third-order valence-corrected chi connectivity index (χ3v) is 8.28. The summed E-state index contributed by atoms with van der Waals surface area (Å²) in [5.74, 6) is -0.250. The molecular formula is C27H34N4O6S. The second kappa shape index (κ2) is 11.5. The molecule has 0 aliphatic carbocycles. The lowest BCUT2D eigenvalue weighted by Gasteiger charge is -2.37. The molecule has 0 aromatic heterocycles. The van der Waals surface area contributed by atoms with Crippen LogP contribution in [0.25, 0.3) is 0 Å². The molecule has 2 N–H and O–H groups in total. The molecule has 1 atom stereocenters. The third-order valence-electron chi connectivity index (χ3n) is 7.15. The number of ether oxygens (including phenoxy) is 1. The number of benzene rings is 2. The monoisotopic (exact) mass is 542 g/mol. The van der Waals surface area contributed by atoms with Crippen LogP contribution in [0.5, 0.6) is 0 Å². The number of likely N-dealkylation sites (tertiary alicyclic amines) is 1. The van der Waals surface area contributed by atoms with Gasteiger partial charge >= 0.3 is 12.1 Å². The summed E-state index contributed by atoms with van der Waals surface area (Å²) in [6, 6.07) is 15.3. The number of carbonyl (C=O) groups excluding carboxylic acids is 3. The van der Waals surface area contributed by atoms with Crippen LogP contribution >= 0.6 is 0 Å². The molecule has 38 heavy (non-hydrogen) atoms. The topological polar surface area (TPSA) is 125 Å². The minimum absolute atomic E-state index is 0.0818. The van der Waals surface area contributed by atoms with Crippen molar-refractivity contribution in [2.24, 2.45) is 0 Å². The number of nitrogens with one attached hydrogen (secondary N) is 2. The van der Waals surface area contributed by atoms with Gasteiger partial charge in [0.05, 0.1) is 24.1 Å². The number of urea groups is 1. The highest BCUT2D eigenvalue weighted by Crippen LogP contribution is 2.31. The van der Waals surface area contributed by atoms with Gasteiger partial charge in [-0.2, -0.15) is 0 Å². The molecule has 0 bridgehead atoms. The van der Waals surface area contributed by atoms with E-state index in [1.165, 1.54) is 17.0 Å². The number of nitrogens with zero attached hydrogens (tertiary/aromatic N) is 2. The van der Waals surface area contributed by atoms with Crippen molar-refractivity contribution < 1.29 is 27.5 Å². The van der Waals surface area contributed by atoms with Gasteiger partial charge in [-0.3, -0.25) is 9.69 Å². The second-order valence-corrected chi connectivity index (χ2v) is 11.8. The van der Waals surface area contributed by atoms with E-state index >= 15 is 0 Å². The summed E-state index contributed by atoms with van der Waals surface area (Å²) in [7, 11) is -3.32. The van der Waals surface area contributed by atoms with Crippen molar-refractivity contribution in [3.8, 4) is 0 Å². The standard InChI is InChI=1S/C27H34N4O6S/c1-3-37-26(34)28-23(21-7-5-4-6-8-21)13-16-30-17-14-27(15-18-30)24(32)31(25(33)29-27)19-20-9-11-22(12-10-20)38(2,35)36/h4-12,23H,3,13-19H2,1-2H3,(H,28,34)(H,29,33). The van der Waals surface area contributed by atoms with Crippen LogP contribution in [0.1, 0.15) is 43.4 Å². The lowest BCUT2D eigenvalue weighted by Crippen LogP contribution is -2.55. The van der Waals surface area contributed by atoms with E-state index in [0.717, 1.165) is 11.8 Å². The van der Waals surface area contributed by atoms with E-state index < -0.39 is 27.5 Å². The Bertz CT molecular complexity index is 1260. The van der Waals surface area contributed by atoms with Gasteiger partial charge < -0.3 is 20.3 Å². The van der Waals surface area contributed by atoms with Crippen LogP contribution in [0.15, 0.2) is 59.5 Å². The predicted molar refractivity (Wildman–Crippen MR) is 141 cm³/mol. The molecule has 2 fully saturated rings. The molecule has 2 saturated heterocycles. The van der Waals surface area contributed by atoms with Crippen molar-refractivity contribution >= 4 is 27.9 Å². The molecule has 2 aromatic rings. The van der Waals surface area contributed by atoms with Crippen molar-refractivity contribution in [2.45, 2.75) is 49.2 Å². The maximum atomic E-state index is 13.3. The Morgan fingerprint density at radius 1 is 1.08 bits per heavy atom. The molecule has 2 aromatic carbocycles. The average Bonchev–Trinajstić information content (AvgIpc) is 3.12. The fourth-order valence-corrected chi connectivity index (χ4v) is 5.61. The first-order valence-corrected chi connectivity index (χ1v) is 14.6. The first-order chi connectivity index (χ1) is 18.1. The Hall–Kier alpha value is -3.44. The third kappa shape index (κ3) is 6.33. The van der Waals surface area contributed by atoms with Crippen LogP contribution in [0, 0.1) is 0 Å². The number of rotatable bonds is 9. The number of carbonyl (C=O) groups is 3. The van der Waals surface area contributed by atoms with E-state index in [9.17, 15) is 22.8 Å². The Balaban J connectivity index is 1.34. The molecule has 0 saturated carbocycles. The van der Waals surface area contributed by atoms with Crippen LogP contribution in [0.2, 0.25) is 0 Å². The number of imide groups is 1. The van der Waals surface area contributed by atoms with E-state index in [1.54, 1.807) is 19.1 Å². The van der Waals surface area contributed by atoms with Gasteiger partial charge in [0, 0.05) is 25.9 Å². The normalized spacial score (nSPS) is 18.3. The van der Waals surface area contributed by atoms with Gasteiger partial charge in [0.15, 0.2) is 9.84 Å². The Morgan fingerprint density at radius 3 is 2.34 bits per heavy atom. The van der Waals surface area contributed by atoms with Crippen molar-refractivity contribution in [2.75, 3.05) is 32.5 Å². The molecule has 1 unspecified atom stereocenters. The van der Waals surface area contributed by atoms with Crippen LogP contribution < -0.4 is 10.6 Å². The molecule has 204 valence electrons. The summed E-state index contributed by atoms with van der Waals surface area (Å²) in [5, 5.41) is 5.85. The maximum absolute atomic E-state index is 13.3. The fraction of sp³-hybridized carbons (Fsp3) is 0.444. The molecule has 11 heteroatoms. The zero-order valence-electron chi connectivity index (χ0n) is 21.7. The first-order valence-electron chi connectivity index (χ1n) is 12.7. The maximum Gasteiger partial charge on any atom is 0.407 e. The molecule has 1 spiro atoms. The summed E-state index contributed by atoms with van der Waals surface area (Å²) < 4.78 is 28.5. The van der Waals surface area contributed by atoms with E-state index in [-0.39, 0.29) is 23.4 Å². The Labute approximate surface area is 223 Å². The van der Waals surface area contributed by atoms with E-state index in [1.807, 2.05) is 30.3 Å². The SMILES string of the molecule is CCOC(=O)NC(CCN1CCC2(CC1)NC(=O)N(Cc1ccc(S(C)(=O)=O)cc1)C2=O)c1ccccc1. The zero-order chi connectivity index (χ0) is 27.3. The average molecular weight is 543 g/mol. The quantitative estimate of drug-likeness (QED) is 0.467. The van der Waals surface area contributed by atoms with Crippen LogP contribution in [0.3, 0.4) is 0 Å². The smallest absolute Gasteiger partial charge is 0.407 e. The lowest BCUT2D eigenvalue weighted by atomic mass is 9.87. The van der Waals surface area contributed by atoms with Crippen LogP contribution in [-0.2, 0) is 25.9 Å². The predicted octanol–water partition coefficient (Wildman–Crippen LogP) is 2.85. The van der Waals surface area contributed by atoms with Crippen molar-refractivity contribution in [1.29, 1.82) is 0 Å². The van der Waals surface area contributed by atoms with E-state index in [0.29, 0.717) is 51.1 Å². The highest BCUT2D eigenvalue weighted by molar-refractivity contribution is 7.90. The molecule has 2 aliphatic heterocycles. The minimum Gasteiger partial charge on any atom is -0.450 e. The van der Waals surface area contributed by atoms with E-state index in [2.05, 4.69) is 15.5 Å². The largest absolute Gasteiger partial charge is 0.450 e. The number of amides is 4. The van der Waals surface area contributed by atoms with Crippen molar-refractivity contribution in [3.05, 3.63) is 65.7 Å². The number of sulfone groups is 1. The van der Waals surface area contributed by atoms with Crippen LogP contribution in [0.4, 0.5) is 9.59 Å². The first kappa shape index (κ1) is 27.6. The van der Waals surface area contributed by atoms with Crippen molar-refractivity contribution in [1.82, 2.24) is 20.4 Å². The minimum atomic E-state index is -3.32. The highest BCUT2D eigenvalue weighted by Gasteiger charge is 2.52. The number of hydrogen-bond acceptors (Lipinski definition) is 7. The van der Waals surface area contributed by atoms with Gasteiger partial charge in [-0.05, 0) is 49.4 Å². The number of piperidine rings is 1. The van der Waals surface area contributed by atoms with E-state index in [4.69, 9.17) is 4.74 Å². The molecule has 0 radical (unpaired) electrons. The summed E-state index contributed by atoms with van der Waals surface area (Å²) in [6.07, 6.45) is 2.33. The number of alkyl carbamates (subject to hydrolysis) is 1. The summed E-state index contributed by atoms with van der Waals surface area (Å²) >= 11 is 0. The molecule has 4 rings (SSSR count). The van der Waals surface area contributed by atoms with Gasteiger partial charge in [0.2, 0.25) is 0 Å². The molecule has 2 heterocycles. The molecule has 10 nitrogen and oxygen atoms in total. The van der Waals surface area contributed by atoms with Crippen LogP contribution in [-0.4, -0.2) is 74.3 Å². The summed E-state index contributed by atoms with van der Waals surface area (Å²) in [6.45, 7) is 4.11. The molecular weight excluding hydrogens is 508 g/mol. The Kier molecular flexibility index (Phi) is 8.37. The molecule has 2 aliphatic rings. The Morgan fingerprint density at radius 2 is 1.74 bits per heavy atom. The summed E-state index contributed by atoms with van der Waals surface area (Å²) in [4.78, 5) is 41.8. The zero-order valence-corrected chi connectivity index (χ0v) is 22.5. The fourth-order valence-electron chi connectivity index (χ4n) is 4.98. The van der Waals surface area contributed by atoms with Gasteiger partial charge in [0.1, 0.15) is 5.54 Å². The van der Waals surface area contributed by atoms with Gasteiger partial charge in [-0.15, -0.1) is 0 Å². The highest BCUT2D eigenvalue weighted by atomic mass is 32.2. The molecule has 4 amide bonds. The van der Waals surface area contributed by atoms with Gasteiger partial charge in [-0.25, -0.2) is 18.0 Å². The van der Waals surface area contributed by atoms with Crippen molar-refractivity contribution in [3.63, 3.8) is 0 Å². The van der Waals surface area contributed by atoms with Gasteiger partial charge in [0.25, 0.3) is 5.91 Å². The summed E-state index contributed by atoms with van der Waals surface area (Å²) in [5.41, 5.74) is 0.742. The van der Waals surface area contributed by atoms with Gasteiger partial charge in [-0.1, -0.05) is 42.5 Å².